The molecule has 2 N–H and O–H groups in total. The molecule has 0 aromatic carbocycles. The number of nitrogens with two attached hydrogens (primary N) is 1. The van der Waals surface area contributed by atoms with E-state index in [1.807, 2.05) is 19.9 Å². The van der Waals surface area contributed by atoms with Crippen molar-refractivity contribution in [2.24, 2.45) is 16.1 Å². The van der Waals surface area contributed by atoms with Gasteiger partial charge < -0.3 is 5.73 Å². The molecule has 0 radical (unpaired) electrons. The Kier molecular flexibility index (Phi) is 2.71. The van der Waals surface area contributed by atoms with Gasteiger partial charge in [0.05, 0.1) is 17.0 Å². The first-order valence-corrected chi connectivity index (χ1v) is 5.49. The molecule has 0 bridgehead atoms. The average molecular weight is 233 g/mol. The summed E-state index contributed by atoms with van der Waals surface area (Å²) in [7, 11) is 0. The smallest absolute Gasteiger partial charge is 0.250 e. The lowest BCUT2D eigenvalue weighted by molar-refractivity contribution is -0.427. The fraction of sp³-hybridized carbons (Fsp3) is 0.417. The van der Waals surface area contributed by atoms with Crippen LogP contribution in [0.3, 0.4) is 0 Å². The van der Waals surface area contributed by atoms with Crippen molar-refractivity contribution < 1.29 is 4.92 Å². The minimum absolute atomic E-state index is 0.194. The molecule has 1 heterocycles. The topological polar surface area (TPSA) is 81.5 Å². The molecule has 90 valence electrons. The highest BCUT2D eigenvalue weighted by Crippen LogP contribution is 2.33. The van der Waals surface area contributed by atoms with Gasteiger partial charge in [-0.1, -0.05) is 13.8 Å². The number of rotatable bonds is 3. The first-order chi connectivity index (χ1) is 7.94. The molecule has 0 atom stereocenters. The van der Waals surface area contributed by atoms with Gasteiger partial charge in [0.15, 0.2) is 0 Å². The van der Waals surface area contributed by atoms with E-state index in [1.54, 1.807) is 6.08 Å². The number of aliphatic imine (C=N–C) groups is 1. The van der Waals surface area contributed by atoms with E-state index in [9.17, 15) is 10.1 Å². The molecule has 0 aromatic rings. The number of fused-ring (bicyclic) bond motifs is 1. The van der Waals surface area contributed by atoms with Gasteiger partial charge in [-0.15, -0.1) is 0 Å². The molecule has 2 aliphatic rings. The Labute approximate surface area is 99.6 Å². The molecule has 5 nitrogen and oxygen atoms in total. The second-order valence-electron chi connectivity index (χ2n) is 4.90. The largest absolute Gasteiger partial charge is 0.330 e. The first kappa shape index (κ1) is 11.7. The van der Waals surface area contributed by atoms with Gasteiger partial charge in [-0.25, -0.2) is 0 Å². The molecule has 0 saturated carbocycles. The number of allylic oxidation sites excluding steroid dienone is 5. The van der Waals surface area contributed by atoms with Gasteiger partial charge in [-0.05, 0) is 17.7 Å². The summed E-state index contributed by atoms with van der Waals surface area (Å²) < 4.78 is 0. The fourth-order valence-electron chi connectivity index (χ4n) is 1.76. The molecule has 2 rings (SSSR count). The standard InChI is InChI=1S/C12H15N3O2/c1-12(2,7-13)11-6-8-5-9(15(16)17)3-4-10(8)14-11/h3-4,6H,5,7,13H2,1-2H3. The molecule has 0 aromatic heterocycles. The molecular formula is C12H15N3O2. The van der Waals surface area contributed by atoms with Crippen molar-refractivity contribution in [3.8, 4) is 0 Å². The summed E-state index contributed by atoms with van der Waals surface area (Å²) in [6.07, 6.45) is 5.49. The van der Waals surface area contributed by atoms with Crippen LogP contribution in [0.25, 0.3) is 0 Å². The zero-order valence-corrected chi connectivity index (χ0v) is 9.93. The van der Waals surface area contributed by atoms with Gasteiger partial charge in [0.1, 0.15) is 0 Å². The second kappa shape index (κ2) is 3.92. The summed E-state index contributed by atoms with van der Waals surface area (Å²) >= 11 is 0. The summed E-state index contributed by atoms with van der Waals surface area (Å²) in [5, 5.41) is 10.7. The maximum atomic E-state index is 10.7. The quantitative estimate of drug-likeness (QED) is 0.596. The molecule has 0 amide bonds. The molecule has 0 spiro atoms. The third-order valence-corrected chi connectivity index (χ3v) is 3.12. The van der Waals surface area contributed by atoms with E-state index < -0.39 is 0 Å². The van der Waals surface area contributed by atoms with Crippen molar-refractivity contribution in [3.63, 3.8) is 0 Å². The lowest BCUT2D eigenvalue weighted by Crippen LogP contribution is -2.30. The van der Waals surface area contributed by atoms with Gasteiger partial charge in [0.25, 0.3) is 5.70 Å². The van der Waals surface area contributed by atoms with E-state index in [1.165, 1.54) is 6.08 Å². The van der Waals surface area contributed by atoms with Gasteiger partial charge in [-0.2, -0.15) is 0 Å². The summed E-state index contributed by atoms with van der Waals surface area (Å²) in [5.41, 5.74) is 8.36. The Balaban J connectivity index is 2.29. The van der Waals surface area contributed by atoms with Crippen molar-refractivity contribution >= 4 is 5.71 Å². The predicted molar refractivity (Wildman–Crippen MR) is 66.1 cm³/mol. The molecule has 17 heavy (non-hydrogen) atoms. The van der Waals surface area contributed by atoms with Crippen LogP contribution in [0.1, 0.15) is 20.3 Å². The van der Waals surface area contributed by atoms with Gasteiger partial charge >= 0.3 is 0 Å². The van der Waals surface area contributed by atoms with Crippen molar-refractivity contribution in [2.45, 2.75) is 20.3 Å². The van der Waals surface area contributed by atoms with E-state index in [2.05, 4.69) is 4.99 Å². The first-order valence-electron chi connectivity index (χ1n) is 5.49. The Morgan fingerprint density at radius 2 is 2.24 bits per heavy atom. The van der Waals surface area contributed by atoms with E-state index in [0.717, 1.165) is 17.0 Å². The van der Waals surface area contributed by atoms with E-state index >= 15 is 0 Å². The lowest BCUT2D eigenvalue weighted by atomic mass is 9.87. The molecule has 1 aliphatic heterocycles. The lowest BCUT2D eigenvalue weighted by Gasteiger charge is -2.20. The normalized spacial score (nSPS) is 19.0. The number of hydrogen-bond acceptors (Lipinski definition) is 4. The van der Waals surface area contributed by atoms with Crippen LogP contribution in [0.15, 0.2) is 40.2 Å². The Hall–Kier alpha value is -1.75. The van der Waals surface area contributed by atoms with Crippen molar-refractivity contribution in [2.75, 3.05) is 6.54 Å². The highest BCUT2D eigenvalue weighted by molar-refractivity contribution is 6.03. The van der Waals surface area contributed by atoms with Crippen LogP contribution < -0.4 is 5.73 Å². The number of nitro groups is 1. The number of hydrogen-bond donors (Lipinski definition) is 1. The predicted octanol–water partition coefficient (Wildman–Crippen LogP) is 1.80. The summed E-state index contributed by atoms with van der Waals surface area (Å²) in [6, 6.07) is 0. The second-order valence-corrected chi connectivity index (χ2v) is 4.90. The van der Waals surface area contributed by atoms with Crippen molar-refractivity contribution in [1.82, 2.24) is 0 Å². The maximum Gasteiger partial charge on any atom is 0.250 e. The minimum Gasteiger partial charge on any atom is -0.330 e. The van der Waals surface area contributed by atoms with E-state index in [4.69, 9.17) is 5.73 Å². The fourth-order valence-corrected chi connectivity index (χ4v) is 1.76. The van der Waals surface area contributed by atoms with Crippen LogP contribution in [-0.4, -0.2) is 17.2 Å². The average Bonchev–Trinajstić information content (AvgIpc) is 2.72. The molecule has 0 saturated heterocycles. The van der Waals surface area contributed by atoms with Crippen molar-refractivity contribution in [3.05, 3.63) is 45.3 Å². The summed E-state index contributed by atoms with van der Waals surface area (Å²) in [4.78, 5) is 14.8. The van der Waals surface area contributed by atoms with Crippen LogP contribution in [0.5, 0.6) is 0 Å². The number of nitrogens with zero attached hydrogens (tertiary/aromatic N) is 2. The molecular weight excluding hydrogens is 218 g/mol. The minimum atomic E-state index is -0.347. The summed E-state index contributed by atoms with van der Waals surface area (Å²) in [5.74, 6) is 0. The molecule has 0 fully saturated rings. The van der Waals surface area contributed by atoms with Crippen LogP contribution in [0.4, 0.5) is 0 Å². The van der Waals surface area contributed by atoms with E-state index in [-0.39, 0.29) is 16.0 Å². The third kappa shape index (κ3) is 2.06. The van der Waals surface area contributed by atoms with E-state index in [0.29, 0.717) is 13.0 Å². The van der Waals surface area contributed by atoms with Crippen LogP contribution in [0, 0.1) is 15.5 Å². The zero-order valence-electron chi connectivity index (χ0n) is 9.93. The highest BCUT2D eigenvalue weighted by atomic mass is 16.6. The SMILES string of the molecule is CC(C)(CN)C1=NC2=CC=C([N+](=O)[O-])CC2=C1. The van der Waals surface area contributed by atoms with Gasteiger partial charge in [0, 0.05) is 23.7 Å². The Bertz CT molecular complexity index is 496. The highest BCUT2D eigenvalue weighted by Gasteiger charge is 2.30. The summed E-state index contributed by atoms with van der Waals surface area (Å²) in [6.45, 7) is 4.53. The van der Waals surface area contributed by atoms with Gasteiger partial charge in [-0.3, -0.25) is 15.1 Å². The van der Waals surface area contributed by atoms with Crippen LogP contribution in [-0.2, 0) is 0 Å². The molecule has 5 heteroatoms. The zero-order chi connectivity index (χ0) is 12.6. The van der Waals surface area contributed by atoms with Crippen molar-refractivity contribution in [1.29, 1.82) is 0 Å². The van der Waals surface area contributed by atoms with Gasteiger partial charge in [0.2, 0.25) is 0 Å². The van der Waals surface area contributed by atoms with Crippen LogP contribution >= 0.6 is 0 Å². The maximum absolute atomic E-state index is 10.7. The molecule has 1 aliphatic carbocycles. The monoisotopic (exact) mass is 233 g/mol. The molecule has 0 unspecified atom stereocenters. The third-order valence-electron chi connectivity index (χ3n) is 3.12. The Morgan fingerprint density at radius 3 is 2.82 bits per heavy atom. The van der Waals surface area contributed by atoms with Crippen LogP contribution in [0.2, 0.25) is 0 Å². The Morgan fingerprint density at radius 1 is 1.53 bits per heavy atom.